The number of hydrogen-bond acceptors (Lipinski definition) is 24. The Morgan fingerprint density at radius 1 is 0.233 bits per heavy atom. The average molecular weight is 1790 g/mol. The number of nitrogens with zero attached hydrogens (tertiary/aromatic N) is 6. The average Bonchev–Trinajstić information content (AvgIpc) is 0.803. The van der Waals surface area contributed by atoms with Crippen LogP contribution in [0.15, 0.2) is 72.8 Å². The maximum Gasteiger partial charge on any atom is 0.160 e. The standard InChI is InChI=1S/3C18H27NO3.3C17H25NO3/c3*1-11(2)6-13-10-19-5-4-12-7-18(22-3)17(21)8-14(12)15(19)9-16(13)20;3*1-10(2)5-12-9-18-4-3-11-6-16(20)17(21)7-13(11)14(18)8-15(12)19/h3*7-8,11,13,15-16,20-21H,4-6,9-10H2,1-3H3;3*6-7,10,12,14-15,19-21H,3-5,8-9H2,1-2H3/t13-,15+,16+;2*13-,15+,16-;2*12-,14+,15+;12-,14+,15-/m110100/s1. The summed E-state index contributed by atoms with van der Waals surface area (Å²) in [7, 11) is 4.74. The van der Waals surface area contributed by atoms with Crippen molar-refractivity contribution in [1.82, 2.24) is 29.4 Å². The number of phenols is 9. The smallest absolute Gasteiger partial charge is 0.160 e. The van der Waals surface area contributed by atoms with Gasteiger partial charge in [0.25, 0.3) is 0 Å². The molecule has 12 aliphatic heterocycles. The van der Waals surface area contributed by atoms with Gasteiger partial charge < -0.3 is 90.8 Å². The zero-order valence-corrected chi connectivity index (χ0v) is 79.6. The normalized spacial score (nSPS) is 28.8. The highest BCUT2D eigenvalue weighted by atomic mass is 16.5. The summed E-state index contributed by atoms with van der Waals surface area (Å²) in [4.78, 5) is 14.7. The van der Waals surface area contributed by atoms with E-state index in [0.717, 1.165) is 225 Å². The van der Waals surface area contributed by atoms with E-state index in [1.54, 1.807) is 57.7 Å². The number of methoxy groups -OCH3 is 3. The maximum atomic E-state index is 10.5. The lowest BCUT2D eigenvalue weighted by molar-refractivity contribution is -0.0192. The summed E-state index contributed by atoms with van der Waals surface area (Å²) in [6.07, 6.45) is 14.8. The first-order chi connectivity index (χ1) is 61.3. The highest BCUT2D eigenvalue weighted by Crippen LogP contribution is 2.51. The molecule has 0 bridgehead atoms. The Hall–Kier alpha value is -7.56. The number of aliphatic hydroxyl groups excluding tert-OH is 6. The van der Waals surface area contributed by atoms with Gasteiger partial charge >= 0.3 is 0 Å². The van der Waals surface area contributed by atoms with Crippen LogP contribution in [0.1, 0.15) is 263 Å². The lowest BCUT2D eigenvalue weighted by Gasteiger charge is -2.46. The molecule has 0 amide bonds. The fourth-order valence-electron chi connectivity index (χ4n) is 24.2. The first kappa shape index (κ1) is 98.9. The van der Waals surface area contributed by atoms with Crippen molar-refractivity contribution < 1.29 is 90.8 Å². The molecule has 0 radical (unpaired) electrons. The van der Waals surface area contributed by atoms with E-state index in [4.69, 9.17) is 14.2 Å². The van der Waals surface area contributed by atoms with E-state index in [-0.39, 0.29) is 125 Å². The summed E-state index contributed by atoms with van der Waals surface area (Å²) in [5.41, 5.74) is 13.7. The molecule has 24 heteroatoms. The zero-order chi connectivity index (χ0) is 93.0. The molecule has 6 fully saturated rings. The van der Waals surface area contributed by atoms with Gasteiger partial charge in [-0.2, -0.15) is 0 Å². The minimum absolute atomic E-state index is 0.0451. The van der Waals surface area contributed by atoms with Crippen molar-refractivity contribution in [2.24, 2.45) is 71.0 Å². The molecule has 18 rings (SSSR count). The van der Waals surface area contributed by atoms with E-state index in [0.29, 0.717) is 108 Å². The quantitative estimate of drug-likeness (QED) is 0.0425. The van der Waals surface area contributed by atoms with Crippen LogP contribution in [0.5, 0.6) is 69.0 Å². The van der Waals surface area contributed by atoms with Gasteiger partial charge in [-0.1, -0.05) is 83.1 Å². The number of piperidine rings is 6. The van der Waals surface area contributed by atoms with Gasteiger partial charge in [0, 0.05) is 115 Å². The molecule has 714 valence electrons. The second-order valence-electron chi connectivity index (χ2n) is 42.5. The summed E-state index contributed by atoms with van der Waals surface area (Å²) >= 11 is 0. The van der Waals surface area contributed by atoms with Crippen LogP contribution in [0.2, 0.25) is 0 Å². The fraction of sp³-hybridized carbons (Fsp3) is 0.657. The van der Waals surface area contributed by atoms with Gasteiger partial charge in [-0.25, -0.2) is 0 Å². The van der Waals surface area contributed by atoms with E-state index in [2.05, 4.69) is 112 Å². The van der Waals surface area contributed by atoms with Crippen LogP contribution in [-0.4, -0.2) is 242 Å². The van der Waals surface area contributed by atoms with Crippen molar-refractivity contribution in [2.75, 3.05) is 99.9 Å². The predicted molar refractivity (Wildman–Crippen MR) is 503 cm³/mol. The van der Waals surface area contributed by atoms with Crippen LogP contribution in [0.4, 0.5) is 0 Å². The number of hydrogen-bond donors (Lipinski definition) is 15. The topological polar surface area (TPSA) is 351 Å². The van der Waals surface area contributed by atoms with Crippen LogP contribution >= 0.6 is 0 Å². The van der Waals surface area contributed by atoms with Crippen molar-refractivity contribution in [3.63, 3.8) is 0 Å². The molecule has 18 atom stereocenters. The third-order valence-corrected chi connectivity index (χ3v) is 30.4. The van der Waals surface area contributed by atoms with Gasteiger partial charge in [0.2, 0.25) is 0 Å². The maximum absolute atomic E-state index is 10.5. The second kappa shape index (κ2) is 43.2. The summed E-state index contributed by atoms with van der Waals surface area (Å²) in [5.74, 6) is 7.65. The number of aromatic hydroxyl groups is 9. The minimum atomic E-state index is -0.282. The van der Waals surface area contributed by atoms with Crippen LogP contribution in [-0.2, 0) is 38.5 Å². The lowest BCUT2D eigenvalue weighted by atomic mass is 9.79. The van der Waals surface area contributed by atoms with E-state index in [9.17, 15) is 76.6 Å². The molecule has 15 N–H and O–H groups in total. The molecule has 0 spiro atoms. The second-order valence-corrected chi connectivity index (χ2v) is 42.5. The highest BCUT2D eigenvalue weighted by Gasteiger charge is 2.46. The van der Waals surface area contributed by atoms with E-state index < -0.39 is 0 Å². The number of fused-ring (bicyclic) bond motifs is 18. The fourth-order valence-corrected chi connectivity index (χ4v) is 24.2. The number of aliphatic hydroxyl groups is 6. The zero-order valence-electron chi connectivity index (χ0n) is 79.6. The first-order valence-corrected chi connectivity index (χ1v) is 48.7. The van der Waals surface area contributed by atoms with Crippen LogP contribution < -0.4 is 14.2 Å². The molecule has 129 heavy (non-hydrogen) atoms. The Morgan fingerprint density at radius 3 is 0.535 bits per heavy atom. The minimum Gasteiger partial charge on any atom is -0.504 e. The number of phenolic OH excluding ortho intramolecular Hbond substituents is 9. The molecule has 0 unspecified atom stereocenters. The number of rotatable bonds is 15. The SMILES string of the molecule is CC(C)C[C@@H]1CN2CCc3cc(O)c(O)cc3[C@@H]2C[C@@H]1O.CC(C)C[C@H]1CN2CCc3cc(O)c(O)cc3[C@H]2C[C@@H]1O.CC(C)C[C@H]1CN2CCc3cc(O)c(O)cc3[C@H]2C[C@H]1O.COc1cc2c(cc1O)[C@@H]1C[C@@H](O)[C@H](CC(C)C)CN1CC2.COc1cc2c(cc1O)[C@@H]1C[C@H](O)[C@H](CC(C)C)CN1CC2.COc1cc2c(cc1O)[C@H]1C[C@H](O)[C@@H](CC(C)C)CN1CC2. The molecule has 6 aromatic rings. The van der Waals surface area contributed by atoms with Crippen LogP contribution in [0.3, 0.4) is 0 Å². The van der Waals surface area contributed by atoms with E-state index in [1.165, 1.54) is 16.7 Å². The van der Waals surface area contributed by atoms with Crippen molar-refractivity contribution in [3.05, 3.63) is 140 Å². The first-order valence-electron chi connectivity index (χ1n) is 48.7. The Bertz CT molecular complexity index is 4250. The molecular weight excluding hydrogens is 1630 g/mol. The Kier molecular flexibility index (Phi) is 33.1. The van der Waals surface area contributed by atoms with Crippen molar-refractivity contribution in [2.45, 2.75) is 272 Å². The predicted octanol–water partition coefficient (Wildman–Crippen LogP) is 15.5. The number of ether oxygens (including phenoxy) is 3. The molecular formula is C105H156N6O18. The molecule has 0 aliphatic carbocycles. The number of benzene rings is 6. The summed E-state index contributed by atoms with van der Waals surface area (Å²) in [5, 5.41) is 152. The summed E-state index contributed by atoms with van der Waals surface area (Å²) in [6, 6.07) is 22.6. The van der Waals surface area contributed by atoms with Crippen molar-refractivity contribution in [3.8, 4) is 69.0 Å². The van der Waals surface area contributed by atoms with Crippen LogP contribution in [0, 0.1) is 71.0 Å². The molecule has 0 saturated carbocycles. The van der Waals surface area contributed by atoms with Crippen LogP contribution in [0.25, 0.3) is 0 Å². The summed E-state index contributed by atoms with van der Waals surface area (Å²) in [6.45, 7) is 38.1. The van der Waals surface area contributed by atoms with Gasteiger partial charge in [-0.05, 0) is 326 Å². The third kappa shape index (κ3) is 23.4. The Balaban J connectivity index is 0.000000132. The van der Waals surface area contributed by atoms with E-state index >= 15 is 0 Å². The van der Waals surface area contributed by atoms with Crippen molar-refractivity contribution >= 4 is 0 Å². The van der Waals surface area contributed by atoms with E-state index in [1.807, 2.05) is 36.4 Å². The Morgan fingerprint density at radius 2 is 0.380 bits per heavy atom. The summed E-state index contributed by atoms with van der Waals surface area (Å²) < 4.78 is 15.6. The molecule has 0 aromatic heterocycles. The monoisotopic (exact) mass is 1790 g/mol. The van der Waals surface area contributed by atoms with Gasteiger partial charge in [-0.3, -0.25) is 29.4 Å². The Labute approximate surface area is 767 Å². The van der Waals surface area contributed by atoms with Gasteiger partial charge in [0.1, 0.15) is 0 Å². The third-order valence-electron chi connectivity index (χ3n) is 30.4. The lowest BCUT2D eigenvalue weighted by Crippen LogP contribution is -2.48. The van der Waals surface area contributed by atoms with Gasteiger partial charge in [-0.15, -0.1) is 0 Å². The molecule has 6 aromatic carbocycles. The van der Waals surface area contributed by atoms with Crippen molar-refractivity contribution in [1.29, 1.82) is 0 Å². The largest absolute Gasteiger partial charge is 0.504 e. The molecule has 12 heterocycles. The molecule has 12 aliphatic rings. The van der Waals surface area contributed by atoms with Gasteiger partial charge in [0.15, 0.2) is 69.0 Å². The van der Waals surface area contributed by atoms with Gasteiger partial charge in [0.05, 0.1) is 58.0 Å². The molecule has 24 nitrogen and oxygen atoms in total. The highest BCUT2D eigenvalue weighted by molar-refractivity contribution is 5.54. The molecule has 6 saturated heterocycles.